The maximum Gasteiger partial charge on any atom is 0.255 e. The van der Waals surface area contributed by atoms with Crippen LogP contribution in [0.4, 0.5) is 4.39 Å². The number of ether oxygens (including phenoxy) is 1. The first-order chi connectivity index (χ1) is 17.2. The van der Waals surface area contributed by atoms with Crippen molar-refractivity contribution in [3.8, 4) is 11.4 Å². The highest BCUT2D eigenvalue weighted by atomic mass is 19.1. The monoisotopic (exact) mass is 490 g/mol. The number of amides is 1. The summed E-state index contributed by atoms with van der Waals surface area (Å²) in [5.41, 5.74) is 4.02. The minimum absolute atomic E-state index is 0.102. The van der Waals surface area contributed by atoms with Crippen molar-refractivity contribution in [3.63, 3.8) is 0 Å². The van der Waals surface area contributed by atoms with Gasteiger partial charge in [0.25, 0.3) is 5.56 Å². The van der Waals surface area contributed by atoms with E-state index in [1.54, 1.807) is 23.9 Å². The normalized spacial score (nSPS) is 11.3. The summed E-state index contributed by atoms with van der Waals surface area (Å²) in [7, 11) is 1.68. The first-order valence-corrected chi connectivity index (χ1v) is 12.0. The Hall–Kier alpha value is -3.94. The van der Waals surface area contributed by atoms with Gasteiger partial charge >= 0.3 is 0 Å². The molecule has 0 saturated carbocycles. The maximum absolute atomic E-state index is 13.8. The van der Waals surface area contributed by atoms with Gasteiger partial charge in [-0.1, -0.05) is 18.2 Å². The highest BCUT2D eigenvalue weighted by Gasteiger charge is 2.20. The third kappa shape index (κ3) is 5.17. The predicted molar refractivity (Wildman–Crippen MR) is 138 cm³/mol. The highest BCUT2D eigenvalue weighted by molar-refractivity contribution is 5.85. The van der Waals surface area contributed by atoms with E-state index in [2.05, 4.69) is 10.4 Å². The fourth-order valence-corrected chi connectivity index (χ4v) is 4.44. The Kier molecular flexibility index (Phi) is 7.24. The summed E-state index contributed by atoms with van der Waals surface area (Å²) in [6.07, 6.45) is 0.601. The van der Waals surface area contributed by atoms with Gasteiger partial charge in [0, 0.05) is 31.0 Å². The summed E-state index contributed by atoms with van der Waals surface area (Å²) in [6, 6.07) is 13.7. The van der Waals surface area contributed by atoms with Gasteiger partial charge in [-0.3, -0.25) is 14.2 Å². The number of fused-ring (bicyclic) bond motifs is 1. The molecule has 7 nitrogen and oxygen atoms in total. The van der Waals surface area contributed by atoms with Crippen LogP contribution in [0.25, 0.3) is 16.7 Å². The molecule has 0 spiro atoms. The summed E-state index contributed by atoms with van der Waals surface area (Å²) < 4.78 is 22.6. The van der Waals surface area contributed by atoms with E-state index >= 15 is 0 Å². The van der Waals surface area contributed by atoms with Gasteiger partial charge in [0.1, 0.15) is 17.2 Å². The first kappa shape index (κ1) is 25.2. The number of nitrogens with zero attached hydrogens (tertiary/aromatic N) is 3. The second kappa shape index (κ2) is 10.4. The van der Waals surface area contributed by atoms with Crippen molar-refractivity contribution < 1.29 is 13.9 Å². The summed E-state index contributed by atoms with van der Waals surface area (Å²) >= 11 is 0. The van der Waals surface area contributed by atoms with Crippen LogP contribution in [0.5, 0.6) is 5.75 Å². The molecule has 0 atom stereocenters. The number of carbonyl (C=O) groups is 1. The molecule has 1 N–H and O–H groups in total. The molecule has 2 aromatic carbocycles. The molecule has 36 heavy (non-hydrogen) atoms. The van der Waals surface area contributed by atoms with Crippen molar-refractivity contribution in [2.75, 3.05) is 0 Å². The van der Waals surface area contributed by atoms with Crippen molar-refractivity contribution in [1.29, 1.82) is 0 Å². The van der Waals surface area contributed by atoms with Gasteiger partial charge in [0.05, 0.1) is 17.5 Å². The molecule has 0 radical (unpaired) electrons. The molecule has 0 unspecified atom stereocenters. The Morgan fingerprint density at radius 3 is 2.53 bits per heavy atom. The Balaban J connectivity index is 1.51. The van der Waals surface area contributed by atoms with Gasteiger partial charge < -0.3 is 10.1 Å². The van der Waals surface area contributed by atoms with E-state index in [1.807, 2.05) is 52.0 Å². The molecule has 0 aliphatic heterocycles. The van der Waals surface area contributed by atoms with E-state index in [1.165, 1.54) is 16.7 Å². The molecule has 0 saturated heterocycles. The minimum Gasteiger partial charge on any atom is -0.491 e. The lowest BCUT2D eigenvalue weighted by atomic mass is 10.0. The van der Waals surface area contributed by atoms with E-state index in [9.17, 15) is 14.0 Å². The summed E-state index contributed by atoms with van der Waals surface area (Å²) in [4.78, 5) is 25.8. The van der Waals surface area contributed by atoms with Crippen LogP contribution in [-0.2, 0) is 24.8 Å². The molecule has 0 bridgehead atoms. The van der Waals surface area contributed by atoms with Crippen LogP contribution in [-0.4, -0.2) is 26.4 Å². The summed E-state index contributed by atoms with van der Waals surface area (Å²) in [5.74, 6) is 0.280. The number of rotatable bonds is 8. The molecule has 0 aliphatic rings. The molecule has 188 valence electrons. The van der Waals surface area contributed by atoms with Gasteiger partial charge in [-0.05, 0) is 75.6 Å². The van der Waals surface area contributed by atoms with Crippen molar-refractivity contribution in [2.24, 2.45) is 7.05 Å². The van der Waals surface area contributed by atoms with Crippen LogP contribution in [0.3, 0.4) is 0 Å². The molecule has 0 fully saturated rings. The van der Waals surface area contributed by atoms with Gasteiger partial charge in [0.15, 0.2) is 0 Å². The number of halogens is 1. The number of hydrogen-bond acceptors (Lipinski definition) is 4. The quantitative estimate of drug-likeness (QED) is 0.394. The lowest BCUT2D eigenvalue weighted by molar-refractivity contribution is -0.121. The van der Waals surface area contributed by atoms with Crippen molar-refractivity contribution in [3.05, 3.63) is 87.1 Å². The van der Waals surface area contributed by atoms with Crippen LogP contribution in [0.2, 0.25) is 0 Å². The first-order valence-electron chi connectivity index (χ1n) is 12.0. The number of pyridine rings is 1. The molecule has 2 heterocycles. The maximum atomic E-state index is 13.8. The average molecular weight is 491 g/mol. The average Bonchev–Trinajstić information content (AvgIpc) is 3.19. The third-order valence-corrected chi connectivity index (χ3v) is 6.18. The van der Waals surface area contributed by atoms with Gasteiger partial charge in [-0.15, -0.1) is 0 Å². The SMILES string of the molecule is Cc1nn(-c2cccc(F)c2)c2c1c(C)c(CCC(=O)NCc1ccc(OC(C)C)cc1)c(=O)n2C. The Morgan fingerprint density at radius 1 is 1.14 bits per heavy atom. The standard InChI is InChI=1S/C28H31FN4O3/c1-17(2)36-23-11-9-20(10-12-23)16-30-25(34)14-13-24-18(3)26-19(4)31-33(27(26)32(5)28(24)35)22-8-6-7-21(29)15-22/h6-12,15,17H,13-14,16H2,1-5H3,(H,30,34). The van der Waals surface area contributed by atoms with E-state index in [0.29, 0.717) is 29.9 Å². The van der Waals surface area contributed by atoms with Gasteiger partial charge in [-0.25, -0.2) is 9.07 Å². The number of benzene rings is 2. The van der Waals surface area contributed by atoms with Crippen LogP contribution in [0, 0.1) is 19.7 Å². The molecular weight excluding hydrogens is 459 g/mol. The number of hydrogen-bond donors (Lipinski definition) is 1. The van der Waals surface area contributed by atoms with E-state index < -0.39 is 0 Å². The highest BCUT2D eigenvalue weighted by Crippen LogP contribution is 2.26. The molecule has 1 amide bonds. The molecule has 8 heteroatoms. The molecular formula is C28H31FN4O3. The zero-order valence-electron chi connectivity index (χ0n) is 21.3. The number of carbonyl (C=O) groups excluding carboxylic acids is 1. The third-order valence-electron chi connectivity index (χ3n) is 6.18. The number of aromatic nitrogens is 3. The molecule has 0 aliphatic carbocycles. The largest absolute Gasteiger partial charge is 0.491 e. The van der Waals surface area contributed by atoms with Crippen LogP contribution >= 0.6 is 0 Å². The van der Waals surface area contributed by atoms with Crippen molar-refractivity contribution in [2.45, 2.75) is 53.2 Å². The second-order valence-corrected chi connectivity index (χ2v) is 9.23. The van der Waals surface area contributed by atoms with Crippen molar-refractivity contribution in [1.82, 2.24) is 19.7 Å². The van der Waals surface area contributed by atoms with Crippen molar-refractivity contribution >= 4 is 16.9 Å². The zero-order valence-corrected chi connectivity index (χ0v) is 21.3. The number of aryl methyl sites for hydroxylation is 3. The minimum atomic E-state index is -0.377. The predicted octanol–water partition coefficient (Wildman–Crippen LogP) is 4.52. The van der Waals surface area contributed by atoms with E-state index in [-0.39, 0.29) is 29.8 Å². The smallest absolute Gasteiger partial charge is 0.255 e. The van der Waals surface area contributed by atoms with Crippen LogP contribution in [0.1, 0.15) is 42.7 Å². The van der Waals surface area contributed by atoms with E-state index in [4.69, 9.17) is 4.74 Å². The van der Waals surface area contributed by atoms with Gasteiger partial charge in [0.2, 0.25) is 5.91 Å². The topological polar surface area (TPSA) is 78.2 Å². The summed E-state index contributed by atoms with van der Waals surface area (Å²) in [6.45, 7) is 8.08. The van der Waals surface area contributed by atoms with Gasteiger partial charge in [-0.2, -0.15) is 5.10 Å². The Bertz CT molecular complexity index is 1470. The number of nitrogens with one attached hydrogen (secondary N) is 1. The molecule has 4 aromatic rings. The lowest BCUT2D eigenvalue weighted by Gasteiger charge is -2.13. The zero-order chi connectivity index (χ0) is 26.0. The second-order valence-electron chi connectivity index (χ2n) is 9.23. The fraction of sp³-hybridized carbons (Fsp3) is 0.321. The van der Waals surface area contributed by atoms with Crippen LogP contribution in [0.15, 0.2) is 53.3 Å². The fourth-order valence-electron chi connectivity index (χ4n) is 4.44. The van der Waals surface area contributed by atoms with E-state index in [0.717, 1.165) is 28.0 Å². The summed E-state index contributed by atoms with van der Waals surface area (Å²) in [5, 5.41) is 8.34. The molecule has 4 rings (SSSR count). The van der Waals surface area contributed by atoms with Crippen LogP contribution < -0.4 is 15.6 Å². The Morgan fingerprint density at radius 2 is 1.86 bits per heavy atom. The lowest BCUT2D eigenvalue weighted by Crippen LogP contribution is -2.27. The Labute approximate surface area is 209 Å². The molecule has 2 aromatic heterocycles.